The molecule has 0 fully saturated rings. The van der Waals surface area contributed by atoms with Gasteiger partial charge >= 0.3 is 5.97 Å². The summed E-state index contributed by atoms with van der Waals surface area (Å²) in [6.07, 6.45) is -0.326. The molecule has 35 heavy (non-hydrogen) atoms. The average Bonchev–Trinajstić information content (AvgIpc) is 2.82. The van der Waals surface area contributed by atoms with Crippen molar-refractivity contribution in [1.29, 1.82) is 5.41 Å². The van der Waals surface area contributed by atoms with Crippen molar-refractivity contribution in [2.24, 2.45) is 5.73 Å². The standard InChI is InChI=1S/C25H28N4O5S/c1-16(2)34-25(31)22(13-17-6-5-9-20(12-17)24(26)27)29-23(30)15-28-35(32,33)21-11-10-18-7-3-4-8-19(18)14-21/h3-12,14,16,22,28H,13,15H2,1-2H3,(H3,26,27)(H,29,30). The zero-order chi connectivity index (χ0) is 25.6. The van der Waals surface area contributed by atoms with Crippen molar-refractivity contribution in [2.45, 2.75) is 37.3 Å². The van der Waals surface area contributed by atoms with Crippen molar-refractivity contribution in [2.75, 3.05) is 6.54 Å². The van der Waals surface area contributed by atoms with Crippen LogP contribution in [0.15, 0.2) is 71.6 Å². The van der Waals surface area contributed by atoms with Gasteiger partial charge < -0.3 is 15.8 Å². The number of fused-ring (bicyclic) bond motifs is 1. The van der Waals surface area contributed by atoms with Crippen LogP contribution in [0, 0.1) is 5.41 Å². The fourth-order valence-electron chi connectivity index (χ4n) is 3.43. The Morgan fingerprint density at radius 1 is 1.00 bits per heavy atom. The third-order valence-corrected chi connectivity index (χ3v) is 6.50. The Balaban J connectivity index is 1.70. The van der Waals surface area contributed by atoms with Crippen LogP contribution in [0.3, 0.4) is 0 Å². The van der Waals surface area contributed by atoms with Gasteiger partial charge in [-0.25, -0.2) is 17.9 Å². The van der Waals surface area contributed by atoms with Crippen molar-refractivity contribution in [3.63, 3.8) is 0 Å². The molecule has 3 aromatic carbocycles. The molecule has 1 atom stereocenters. The minimum absolute atomic E-state index is 0.0285. The van der Waals surface area contributed by atoms with E-state index in [9.17, 15) is 18.0 Å². The maximum Gasteiger partial charge on any atom is 0.329 e. The van der Waals surface area contributed by atoms with Crippen LogP contribution in [0.2, 0.25) is 0 Å². The normalized spacial score (nSPS) is 12.3. The third-order valence-electron chi connectivity index (χ3n) is 5.10. The highest BCUT2D eigenvalue weighted by Crippen LogP contribution is 2.18. The lowest BCUT2D eigenvalue weighted by Gasteiger charge is -2.20. The number of nitrogens with one attached hydrogen (secondary N) is 3. The number of amidine groups is 1. The number of esters is 1. The first-order valence-electron chi connectivity index (χ1n) is 11.0. The lowest BCUT2D eigenvalue weighted by Crippen LogP contribution is -2.47. The summed E-state index contributed by atoms with van der Waals surface area (Å²) < 4.78 is 33.0. The van der Waals surface area contributed by atoms with E-state index < -0.39 is 40.6 Å². The fraction of sp³-hybridized carbons (Fsp3) is 0.240. The van der Waals surface area contributed by atoms with E-state index in [0.29, 0.717) is 11.1 Å². The highest BCUT2D eigenvalue weighted by molar-refractivity contribution is 7.89. The maximum atomic E-state index is 12.7. The number of hydrogen-bond acceptors (Lipinski definition) is 6. The summed E-state index contributed by atoms with van der Waals surface area (Å²) in [5.74, 6) is -1.47. The van der Waals surface area contributed by atoms with Gasteiger partial charge in [-0.15, -0.1) is 0 Å². The maximum absolute atomic E-state index is 12.7. The first kappa shape index (κ1) is 25.9. The van der Waals surface area contributed by atoms with Crippen molar-refractivity contribution < 1.29 is 22.7 Å². The molecule has 1 amide bonds. The monoisotopic (exact) mass is 496 g/mol. The predicted molar refractivity (Wildman–Crippen MR) is 133 cm³/mol. The van der Waals surface area contributed by atoms with Crippen LogP contribution in [-0.4, -0.2) is 44.8 Å². The van der Waals surface area contributed by atoms with Gasteiger partial charge in [-0.05, 0) is 48.4 Å². The van der Waals surface area contributed by atoms with Crippen molar-refractivity contribution in [3.05, 3.63) is 77.9 Å². The Labute approximate surface area is 204 Å². The number of amides is 1. The molecule has 3 rings (SSSR count). The number of carbonyl (C=O) groups excluding carboxylic acids is 2. The number of nitrogens with two attached hydrogens (primary N) is 1. The topological polar surface area (TPSA) is 151 Å². The predicted octanol–water partition coefficient (Wildman–Crippen LogP) is 2.08. The first-order valence-corrected chi connectivity index (χ1v) is 12.4. The molecule has 1 unspecified atom stereocenters. The Kier molecular flexibility index (Phi) is 8.21. The molecule has 0 heterocycles. The number of sulfonamides is 1. The lowest BCUT2D eigenvalue weighted by molar-refractivity contribution is -0.151. The molecular weight excluding hydrogens is 468 g/mol. The average molecular weight is 497 g/mol. The smallest absolute Gasteiger partial charge is 0.329 e. The second-order valence-electron chi connectivity index (χ2n) is 8.26. The van der Waals surface area contributed by atoms with E-state index in [1.54, 1.807) is 50.2 Å². The number of nitrogen functional groups attached to an aromatic ring is 1. The van der Waals surface area contributed by atoms with E-state index in [0.717, 1.165) is 10.8 Å². The summed E-state index contributed by atoms with van der Waals surface area (Å²) >= 11 is 0. The van der Waals surface area contributed by atoms with Gasteiger partial charge in [0.15, 0.2) is 0 Å². The van der Waals surface area contributed by atoms with Crippen LogP contribution in [0.5, 0.6) is 0 Å². The van der Waals surface area contributed by atoms with Crippen molar-refractivity contribution in [1.82, 2.24) is 10.0 Å². The molecule has 0 aliphatic carbocycles. The highest BCUT2D eigenvalue weighted by atomic mass is 32.2. The van der Waals surface area contributed by atoms with E-state index in [1.807, 2.05) is 18.2 Å². The number of rotatable bonds is 10. The van der Waals surface area contributed by atoms with Crippen molar-refractivity contribution in [3.8, 4) is 0 Å². The molecule has 0 radical (unpaired) electrons. The highest BCUT2D eigenvalue weighted by Gasteiger charge is 2.25. The first-order chi connectivity index (χ1) is 16.5. The quantitative estimate of drug-likeness (QED) is 0.192. The summed E-state index contributed by atoms with van der Waals surface area (Å²) in [4.78, 5) is 25.2. The second-order valence-corrected chi connectivity index (χ2v) is 10.0. The Bertz CT molecular complexity index is 1350. The number of hydrogen-bond donors (Lipinski definition) is 4. The summed E-state index contributed by atoms with van der Waals surface area (Å²) in [5.41, 5.74) is 6.67. The molecule has 5 N–H and O–H groups in total. The van der Waals surface area contributed by atoms with E-state index in [4.69, 9.17) is 15.9 Å². The second kappa shape index (κ2) is 11.1. The van der Waals surface area contributed by atoms with Gasteiger partial charge in [-0.1, -0.05) is 48.5 Å². The molecule has 0 aliphatic rings. The van der Waals surface area contributed by atoms with Crippen LogP contribution in [0.25, 0.3) is 10.8 Å². The van der Waals surface area contributed by atoms with Gasteiger partial charge in [-0.3, -0.25) is 10.2 Å². The number of ether oxygens (including phenoxy) is 1. The Hall–Kier alpha value is -3.76. The molecule has 0 saturated heterocycles. The zero-order valence-electron chi connectivity index (χ0n) is 19.4. The van der Waals surface area contributed by atoms with Crippen LogP contribution >= 0.6 is 0 Å². The zero-order valence-corrected chi connectivity index (χ0v) is 20.3. The van der Waals surface area contributed by atoms with Crippen LogP contribution in [0.1, 0.15) is 25.0 Å². The molecule has 0 saturated carbocycles. The van der Waals surface area contributed by atoms with Crippen LogP contribution < -0.4 is 15.8 Å². The van der Waals surface area contributed by atoms with Crippen LogP contribution in [-0.2, 0) is 30.8 Å². The summed E-state index contributed by atoms with van der Waals surface area (Å²) in [7, 11) is -3.96. The lowest BCUT2D eigenvalue weighted by atomic mass is 10.0. The molecular formula is C25H28N4O5S. The molecule has 0 bridgehead atoms. The van der Waals surface area contributed by atoms with E-state index in [-0.39, 0.29) is 17.2 Å². The number of carbonyl (C=O) groups is 2. The van der Waals surface area contributed by atoms with Crippen LogP contribution in [0.4, 0.5) is 0 Å². The van der Waals surface area contributed by atoms with Gasteiger partial charge in [0.1, 0.15) is 11.9 Å². The summed E-state index contributed by atoms with van der Waals surface area (Å²) in [6, 6.07) is 17.7. The Morgan fingerprint density at radius 2 is 1.71 bits per heavy atom. The van der Waals surface area contributed by atoms with Gasteiger partial charge in [-0.2, -0.15) is 0 Å². The Morgan fingerprint density at radius 3 is 2.40 bits per heavy atom. The molecule has 10 heteroatoms. The molecule has 184 valence electrons. The molecule has 9 nitrogen and oxygen atoms in total. The molecule has 0 aromatic heterocycles. The van der Waals surface area contributed by atoms with Gasteiger partial charge in [0.05, 0.1) is 17.5 Å². The van der Waals surface area contributed by atoms with Gasteiger partial charge in [0.25, 0.3) is 0 Å². The fourth-order valence-corrected chi connectivity index (χ4v) is 4.45. The van der Waals surface area contributed by atoms with Crippen molar-refractivity contribution >= 4 is 38.5 Å². The van der Waals surface area contributed by atoms with E-state index in [1.165, 1.54) is 12.1 Å². The summed E-state index contributed by atoms with van der Waals surface area (Å²) in [6.45, 7) is 2.81. The summed E-state index contributed by atoms with van der Waals surface area (Å²) in [5, 5.41) is 11.8. The van der Waals surface area contributed by atoms with Gasteiger partial charge in [0.2, 0.25) is 15.9 Å². The van der Waals surface area contributed by atoms with E-state index >= 15 is 0 Å². The minimum Gasteiger partial charge on any atom is -0.461 e. The SMILES string of the molecule is CC(C)OC(=O)C(Cc1cccc(C(=N)N)c1)NC(=O)CNS(=O)(=O)c1ccc2ccccc2c1. The third kappa shape index (κ3) is 7.11. The molecule has 0 aliphatic heterocycles. The van der Waals surface area contributed by atoms with E-state index in [2.05, 4.69) is 10.0 Å². The molecule has 0 spiro atoms. The molecule has 3 aromatic rings. The minimum atomic E-state index is -3.96. The van der Waals surface area contributed by atoms with Gasteiger partial charge in [0, 0.05) is 12.0 Å². The largest absolute Gasteiger partial charge is 0.461 e. The number of benzene rings is 3.